The molecule has 0 unspecified atom stereocenters. The maximum atomic E-state index is 6.20. The van der Waals surface area contributed by atoms with Crippen LogP contribution in [-0.4, -0.2) is 35.5 Å². The van der Waals surface area contributed by atoms with E-state index in [1.54, 1.807) is 0 Å². The van der Waals surface area contributed by atoms with E-state index in [1.165, 1.54) is 51.9 Å². The van der Waals surface area contributed by atoms with Crippen molar-refractivity contribution < 1.29 is 0 Å². The third-order valence-electron chi connectivity index (χ3n) is 2.74. The summed E-state index contributed by atoms with van der Waals surface area (Å²) in [5.74, 6) is 0. The third kappa shape index (κ3) is 1.80. The molecule has 0 radical (unpaired) electrons. The SMILES string of the molecule is NP(N1CCCC1)N1CCCC1. The molecule has 0 amide bonds. The van der Waals surface area contributed by atoms with Gasteiger partial charge in [-0.3, -0.25) is 14.8 Å². The van der Waals surface area contributed by atoms with E-state index in [2.05, 4.69) is 9.34 Å². The van der Waals surface area contributed by atoms with Crippen LogP contribution in [0.5, 0.6) is 0 Å². The van der Waals surface area contributed by atoms with Crippen LogP contribution in [0.3, 0.4) is 0 Å². The number of nitrogens with two attached hydrogens (primary N) is 1. The van der Waals surface area contributed by atoms with Gasteiger partial charge in [-0.05, 0) is 25.7 Å². The van der Waals surface area contributed by atoms with Crippen LogP contribution in [0.15, 0.2) is 0 Å². The van der Waals surface area contributed by atoms with Crippen LogP contribution in [0.1, 0.15) is 25.7 Å². The Morgan fingerprint density at radius 1 is 0.750 bits per heavy atom. The molecule has 0 aromatic heterocycles. The summed E-state index contributed by atoms with van der Waals surface area (Å²) in [7, 11) is -0.416. The number of hydrogen-bond acceptors (Lipinski definition) is 3. The van der Waals surface area contributed by atoms with Crippen molar-refractivity contribution in [2.45, 2.75) is 25.7 Å². The zero-order chi connectivity index (χ0) is 8.39. The molecule has 0 spiro atoms. The van der Waals surface area contributed by atoms with Gasteiger partial charge in [-0.25, -0.2) is 0 Å². The molecule has 0 atom stereocenters. The van der Waals surface area contributed by atoms with E-state index >= 15 is 0 Å². The van der Waals surface area contributed by atoms with Gasteiger partial charge in [-0.15, -0.1) is 0 Å². The van der Waals surface area contributed by atoms with E-state index in [9.17, 15) is 0 Å². The largest absolute Gasteiger partial charge is 0.285 e. The highest BCUT2D eigenvalue weighted by molar-refractivity contribution is 7.50. The van der Waals surface area contributed by atoms with Crippen LogP contribution in [0.4, 0.5) is 0 Å². The molecular formula is C8H18N3P. The Kier molecular flexibility index (Phi) is 2.97. The average molecular weight is 187 g/mol. The molecule has 2 fully saturated rings. The number of hydrogen-bond donors (Lipinski definition) is 1. The maximum Gasteiger partial charge on any atom is 0.114 e. The minimum Gasteiger partial charge on any atom is -0.285 e. The third-order valence-corrected chi connectivity index (χ3v) is 4.70. The molecule has 12 heavy (non-hydrogen) atoms. The standard InChI is InChI=1S/C8H18N3P/c9-12(10-5-1-2-6-10)11-7-3-4-8-11/h1-9H2. The van der Waals surface area contributed by atoms with Crippen molar-refractivity contribution in [3.8, 4) is 0 Å². The second-order valence-corrected chi connectivity index (χ2v) is 5.41. The molecule has 0 bridgehead atoms. The van der Waals surface area contributed by atoms with Crippen LogP contribution in [-0.2, 0) is 0 Å². The summed E-state index contributed by atoms with van der Waals surface area (Å²) >= 11 is 0. The molecule has 2 rings (SSSR count). The van der Waals surface area contributed by atoms with Crippen LogP contribution < -0.4 is 5.50 Å². The van der Waals surface area contributed by atoms with Crippen molar-refractivity contribution in [1.82, 2.24) is 9.34 Å². The minimum atomic E-state index is -0.416. The summed E-state index contributed by atoms with van der Waals surface area (Å²) in [6.07, 6.45) is 5.40. The van der Waals surface area contributed by atoms with Gasteiger partial charge >= 0.3 is 0 Å². The van der Waals surface area contributed by atoms with Gasteiger partial charge in [0, 0.05) is 26.2 Å². The first kappa shape index (κ1) is 8.89. The Labute approximate surface area is 75.8 Å². The van der Waals surface area contributed by atoms with Crippen LogP contribution in [0, 0.1) is 0 Å². The fourth-order valence-electron chi connectivity index (χ4n) is 1.99. The first-order valence-corrected chi connectivity index (χ1v) is 6.24. The lowest BCUT2D eigenvalue weighted by atomic mass is 10.4. The molecular weight excluding hydrogens is 169 g/mol. The van der Waals surface area contributed by atoms with Gasteiger partial charge in [-0.1, -0.05) is 0 Å². The lowest BCUT2D eigenvalue weighted by molar-refractivity contribution is 0.474. The van der Waals surface area contributed by atoms with Gasteiger partial charge in [0.25, 0.3) is 0 Å². The highest BCUT2D eigenvalue weighted by atomic mass is 31.1. The zero-order valence-electron chi connectivity index (χ0n) is 7.58. The maximum absolute atomic E-state index is 6.20. The van der Waals surface area contributed by atoms with Crippen molar-refractivity contribution in [3.05, 3.63) is 0 Å². The topological polar surface area (TPSA) is 32.5 Å². The Hall–Kier alpha value is 0.310. The Morgan fingerprint density at radius 3 is 1.42 bits per heavy atom. The fourth-order valence-corrected chi connectivity index (χ4v) is 3.73. The summed E-state index contributed by atoms with van der Waals surface area (Å²) < 4.78 is 4.95. The zero-order valence-corrected chi connectivity index (χ0v) is 8.47. The Morgan fingerprint density at radius 2 is 1.08 bits per heavy atom. The summed E-state index contributed by atoms with van der Waals surface area (Å²) in [4.78, 5) is 0. The summed E-state index contributed by atoms with van der Waals surface area (Å²) in [5.41, 5.74) is 6.20. The second kappa shape index (κ2) is 4.01. The fraction of sp³-hybridized carbons (Fsp3) is 1.00. The molecule has 70 valence electrons. The predicted octanol–water partition coefficient (Wildman–Crippen LogP) is 1.36. The molecule has 0 aromatic carbocycles. The number of rotatable bonds is 2. The van der Waals surface area contributed by atoms with E-state index in [0.29, 0.717) is 0 Å². The van der Waals surface area contributed by atoms with Gasteiger partial charge in [0.2, 0.25) is 0 Å². The van der Waals surface area contributed by atoms with Gasteiger partial charge in [0.05, 0.1) is 0 Å². The summed E-state index contributed by atoms with van der Waals surface area (Å²) in [5, 5.41) is 0. The van der Waals surface area contributed by atoms with E-state index in [4.69, 9.17) is 5.50 Å². The van der Waals surface area contributed by atoms with Gasteiger partial charge in [0.1, 0.15) is 8.37 Å². The minimum absolute atomic E-state index is 0.416. The average Bonchev–Trinajstić information content (AvgIpc) is 2.77. The van der Waals surface area contributed by atoms with Crippen molar-refractivity contribution in [3.63, 3.8) is 0 Å². The first-order valence-electron chi connectivity index (χ1n) is 4.92. The monoisotopic (exact) mass is 187 g/mol. The van der Waals surface area contributed by atoms with Gasteiger partial charge in [-0.2, -0.15) is 0 Å². The van der Waals surface area contributed by atoms with Gasteiger partial charge in [0.15, 0.2) is 0 Å². The molecule has 2 aliphatic rings. The molecule has 2 N–H and O–H groups in total. The smallest absolute Gasteiger partial charge is 0.114 e. The van der Waals surface area contributed by atoms with Crippen molar-refractivity contribution >= 4 is 8.37 Å². The van der Waals surface area contributed by atoms with Crippen LogP contribution in [0.25, 0.3) is 0 Å². The lowest BCUT2D eigenvalue weighted by Crippen LogP contribution is -2.28. The van der Waals surface area contributed by atoms with Crippen molar-refractivity contribution in [2.24, 2.45) is 5.50 Å². The highest BCUT2D eigenvalue weighted by Gasteiger charge is 2.26. The van der Waals surface area contributed by atoms with Crippen molar-refractivity contribution in [1.29, 1.82) is 0 Å². The Bertz CT molecular complexity index is 125. The molecule has 0 aliphatic carbocycles. The first-order chi connectivity index (χ1) is 5.88. The normalized spacial score (nSPS) is 27.5. The molecule has 2 aliphatic heterocycles. The molecule has 2 heterocycles. The Balaban J connectivity index is 1.84. The van der Waals surface area contributed by atoms with Crippen LogP contribution in [0.2, 0.25) is 0 Å². The number of nitrogens with zero attached hydrogens (tertiary/aromatic N) is 2. The molecule has 2 saturated heterocycles. The van der Waals surface area contributed by atoms with E-state index in [0.717, 1.165) is 0 Å². The van der Waals surface area contributed by atoms with Gasteiger partial charge < -0.3 is 0 Å². The quantitative estimate of drug-likeness (QED) is 0.662. The van der Waals surface area contributed by atoms with E-state index < -0.39 is 8.37 Å². The predicted molar refractivity (Wildman–Crippen MR) is 52.7 cm³/mol. The van der Waals surface area contributed by atoms with E-state index in [1.807, 2.05) is 0 Å². The van der Waals surface area contributed by atoms with E-state index in [-0.39, 0.29) is 0 Å². The summed E-state index contributed by atoms with van der Waals surface area (Å²) in [6, 6.07) is 0. The highest BCUT2D eigenvalue weighted by Crippen LogP contribution is 2.40. The molecule has 4 heteroatoms. The second-order valence-electron chi connectivity index (χ2n) is 3.64. The van der Waals surface area contributed by atoms with Crippen LogP contribution >= 0.6 is 8.37 Å². The van der Waals surface area contributed by atoms with Crippen molar-refractivity contribution in [2.75, 3.05) is 26.2 Å². The molecule has 0 aromatic rings. The summed E-state index contributed by atoms with van der Waals surface area (Å²) in [6.45, 7) is 4.94. The molecule has 3 nitrogen and oxygen atoms in total. The lowest BCUT2D eigenvalue weighted by Gasteiger charge is -2.30. The molecule has 0 saturated carbocycles.